The van der Waals surface area contributed by atoms with Crippen LogP contribution >= 0.6 is 0 Å². The Hall–Kier alpha value is -3.03. The van der Waals surface area contributed by atoms with Crippen LogP contribution in [0.25, 0.3) is 0 Å². The lowest BCUT2D eigenvalue weighted by Gasteiger charge is -2.48. The van der Waals surface area contributed by atoms with Crippen LogP contribution in [0, 0.1) is 0 Å². The number of aliphatic hydroxyl groups excluding tert-OH is 11. The molecule has 0 spiro atoms. The molecule has 17 unspecified atom stereocenters. The van der Waals surface area contributed by atoms with E-state index in [0.29, 0.717) is 12.8 Å². The lowest BCUT2D eigenvalue weighted by molar-refractivity contribution is -0.379. The van der Waals surface area contributed by atoms with Crippen LogP contribution < -0.4 is 5.32 Å². The summed E-state index contributed by atoms with van der Waals surface area (Å²) < 4.78 is 34.3. The highest BCUT2D eigenvalue weighted by Gasteiger charge is 2.53. The molecule has 3 rings (SSSR count). The van der Waals surface area contributed by atoms with Crippen molar-refractivity contribution >= 4 is 5.91 Å². The van der Waals surface area contributed by atoms with Crippen LogP contribution in [0.3, 0.4) is 0 Å². The Balaban J connectivity index is 1.48. The number of hydrogen-bond acceptors (Lipinski definition) is 18. The van der Waals surface area contributed by atoms with Crippen molar-refractivity contribution in [3.63, 3.8) is 0 Å². The van der Waals surface area contributed by atoms with E-state index in [2.05, 4.69) is 92.1 Å². The number of aliphatic hydroxyl groups is 11. The summed E-state index contributed by atoms with van der Waals surface area (Å²) in [4.78, 5) is 13.4. The molecule has 19 heteroatoms. The lowest BCUT2D eigenvalue weighted by Crippen LogP contribution is -2.66. The molecule has 17 atom stereocenters. The highest BCUT2D eigenvalue weighted by atomic mass is 16.8. The summed E-state index contributed by atoms with van der Waals surface area (Å²) in [5.74, 6) is -0.300. The van der Waals surface area contributed by atoms with Crippen molar-refractivity contribution in [2.75, 3.05) is 26.4 Å². The molecule has 19 nitrogen and oxygen atoms in total. The van der Waals surface area contributed by atoms with Gasteiger partial charge in [0.05, 0.1) is 38.6 Å². The van der Waals surface area contributed by atoms with Crippen LogP contribution in [0.4, 0.5) is 0 Å². The van der Waals surface area contributed by atoms with Crippen LogP contribution in [-0.2, 0) is 33.2 Å². The Morgan fingerprint density at radius 1 is 0.425 bits per heavy atom. The number of rotatable bonds is 49. The molecule has 502 valence electrons. The first kappa shape index (κ1) is 78.2. The fourth-order valence-corrected chi connectivity index (χ4v) is 10.8. The van der Waals surface area contributed by atoms with E-state index in [4.69, 9.17) is 28.4 Å². The standard InChI is InChI=1S/C68H117NO18/c1-3-5-7-9-11-13-15-17-19-21-23-24-25-26-28-30-32-34-36-38-40-42-44-46-56(74)69-51(52(73)45-43-41-39-37-35-33-31-29-27-22-20-18-16-14-12-10-8-6-4-2)50-82-66-62(80)59(77)64(54(48-71)84-66)87-68-63(81)60(78)65(55(49-72)85-68)86-67-61(79)58(76)57(75)53(47-70)83-67/h5,7,11,13,17,19,23-24,26,28,35,37,43,45,51-55,57-68,70-73,75-81H,3-4,6,8-10,12,14-16,18,20-22,25,27,29-34,36,38-42,44,46-50H2,1-2H3,(H,69,74)/b7-5-,13-11-,19-17-,24-23-,28-26-,37-35+,45-43+. The minimum atomic E-state index is -1.99. The summed E-state index contributed by atoms with van der Waals surface area (Å²) >= 11 is 0. The average molecular weight is 1240 g/mol. The number of ether oxygens (including phenoxy) is 6. The summed E-state index contributed by atoms with van der Waals surface area (Å²) in [6.45, 7) is 1.58. The van der Waals surface area contributed by atoms with Crippen LogP contribution in [0.1, 0.15) is 206 Å². The smallest absolute Gasteiger partial charge is 0.220 e. The maximum atomic E-state index is 13.4. The Bertz CT molecular complexity index is 1910. The summed E-state index contributed by atoms with van der Waals surface area (Å²) in [5.41, 5.74) is 0. The van der Waals surface area contributed by atoms with E-state index < -0.39 is 124 Å². The molecule has 0 aliphatic carbocycles. The van der Waals surface area contributed by atoms with Crippen molar-refractivity contribution in [3.8, 4) is 0 Å². The van der Waals surface area contributed by atoms with Gasteiger partial charge < -0.3 is 89.9 Å². The number of carbonyl (C=O) groups is 1. The summed E-state index contributed by atoms with van der Waals surface area (Å²) in [7, 11) is 0. The van der Waals surface area contributed by atoms with E-state index in [-0.39, 0.29) is 18.9 Å². The van der Waals surface area contributed by atoms with Gasteiger partial charge in [0.25, 0.3) is 0 Å². The molecule has 1 amide bonds. The third-order valence-electron chi connectivity index (χ3n) is 16.2. The predicted molar refractivity (Wildman–Crippen MR) is 337 cm³/mol. The zero-order valence-electron chi connectivity index (χ0n) is 52.7. The van der Waals surface area contributed by atoms with Gasteiger partial charge in [0.15, 0.2) is 18.9 Å². The van der Waals surface area contributed by atoms with E-state index in [1.165, 1.54) is 77.0 Å². The number of allylic oxidation sites excluding steroid dienone is 13. The van der Waals surface area contributed by atoms with E-state index in [1.807, 2.05) is 6.08 Å². The van der Waals surface area contributed by atoms with E-state index in [9.17, 15) is 61.0 Å². The fraction of sp³-hybridized carbons (Fsp3) is 0.779. The van der Waals surface area contributed by atoms with Crippen LogP contribution in [0.15, 0.2) is 85.1 Å². The van der Waals surface area contributed by atoms with E-state index >= 15 is 0 Å². The topological polar surface area (TPSA) is 307 Å². The third kappa shape index (κ3) is 32.2. The van der Waals surface area contributed by atoms with Gasteiger partial charge in [-0.05, 0) is 77.0 Å². The molecule has 3 saturated heterocycles. The molecule has 3 heterocycles. The second-order valence-electron chi connectivity index (χ2n) is 23.5. The molecule has 12 N–H and O–H groups in total. The number of carbonyl (C=O) groups excluding carboxylic acids is 1. The zero-order valence-corrected chi connectivity index (χ0v) is 52.7. The van der Waals surface area contributed by atoms with Crippen LogP contribution in [0.2, 0.25) is 0 Å². The van der Waals surface area contributed by atoms with Crippen LogP contribution in [-0.4, -0.2) is 193 Å². The number of hydrogen-bond donors (Lipinski definition) is 12. The van der Waals surface area contributed by atoms with Gasteiger partial charge in [-0.2, -0.15) is 0 Å². The molecule has 0 aromatic carbocycles. The quantitative estimate of drug-likeness (QED) is 0.0203. The minimum absolute atomic E-state index is 0.218. The Morgan fingerprint density at radius 2 is 0.805 bits per heavy atom. The van der Waals surface area contributed by atoms with Crippen molar-refractivity contribution in [1.29, 1.82) is 0 Å². The van der Waals surface area contributed by atoms with Gasteiger partial charge in [0.2, 0.25) is 5.91 Å². The Kier molecular flexibility index (Phi) is 44.6. The maximum Gasteiger partial charge on any atom is 0.220 e. The molecule has 0 radical (unpaired) electrons. The molecule has 0 aromatic heterocycles. The first-order valence-electron chi connectivity index (χ1n) is 33.3. The highest BCUT2D eigenvalue weighted by Crippen LogP contribution is 2.33. The van der Waals surface area contributed by atoms with E-state index in [0.717, 1.165) is 96.3 Å². The maximum absolute atomic E-state index is 13.4. The summed E-state index contributed by atoms with van der Waals surface area (Å²) in [6.07, 6.45) is 35.5. The molecule has 0 aromatic rings. The molecule has 3 aliphatic heterocycles. The average Bonchev–Trinajstić information content (AvgIpc) is 2.58. The highest BCUT2D eigenvalue weighted by molar-refractivity contribution is 5.76. The van der Waals surface area contributed by atoms with Gasteiger partial charge in [0, 0.05) is 6.42 Å². The molecular formula is C68H117NO18. The van der Waals surface area contributed by atoms with Gasteiger partial charge >= 0.3 is 0 Å². The molecule has 3 fully saturated rings. The van der Waals surface area contributed by atoms with Gasteiger partial charge in [-0.15, -0.1) is 0 Å². The molecule has 0 bridgehead atoms. The van der Waals surface area contributed by atoms with Crippen molar-refractivity contribution in [1.82, 2.24) is 5.32 Å². The lowest BCUT2D eigenvalue weighted by atomic mass is 9.96. The molecule has 0 saturated carbocycles. The van der Waals surface area contributed by atoms with Crippen molar-refractivity contribution in [3.05, 3.63) is 85.1 Å². The fourth-order valence-electron chi connectivity index (χ4n) is 10.8. The van der Waals surface area contributed by atoms with Crippen LogP contribution in [0.5, 0.6) is 0 Å². The molecule has 3 aliphatic rings. The predicted octanol–water partition coefficient (Wildman–Crippen LogP) is 7.93. The van der Waals surface area contributed by atoms with Gasteiger partial charge in [-0.1, -0.05) is 208 Å². The number of unbranched alkanes of at least 4 members (excludes halogenated alkanes) is 21. The van der Waals surface area contributed by atoms with Gasteiger partial charge in [-0.25, -0.2) is 0 Å². The number of amides is 1. The molecule has 87 heavy (non-hydrogen) atoms. The normalized spacial score (nSPS) is 29.1. The second kappa shape index (κ2) is 49.6. The minimum Gasteiger partial charge on any atom is -0.394 e. The molecular weight excluding hydrogens is 1120 g/mol. The Labute approximate surface area is 520 Å². The monoisotopic (exact) mass is 1240 g/mol. The summed E-state index contributed by atoms with van der Waals surface area (Å²) in [6, 6.07) is -1.00. The first-order valence-corrected chi connectivity index (χ1v) is 33.3. The van der Waals surface area contributed by atoms with Crippen molar-refractivity contribution in [2.45, 2.75) is 311 Å². The second-order valence-corrected chi connectivity index (χ2v) is 23.5. The summed E-state index contributed by atoms with van der Waals surface area (Å²) in [5, 5.41) is 120. The third-order valence-corrected chi connectivity index (χ3v) is 16.2. The zero-order chi connectivity index (χ0) is 63.3. The van der Waals surface area contributed by atoms with Gasteiger partial charge in [0.1, 0.15) is 73.2 Å². The van der Waals surface area contributed by atoms with Gasteiger partial charge in [-0.3, -0.25) is 4.79 Å². The van der Waals surface area contributed by atoms with Crippen molar-refractivity contribution < 1.29 is 89.4 Å². The SMILES string of the molecule is CC/C=C\C/C=C\C/C=C\C/C=C\C/C=C\CCCCCCCCCC(=O)NC(COC1OC(CO)C(OC2OC(CO)C(OC3OC(CO)C(O)C(O)C3O)C(O)C2O)C(O)C1O)C(O)/C=C/CC/C=C/CCCCCCCCCCCCCCC. The Morgan fingerprint density at radius 3 is 1.29 bits per heavy atom. The van der Waals surface area contributed by atoms with E-state index in [1.54, 1.807) is 6.08 Å². The first-order chi connectivity index (χ1) is 42.3. The largest absolute Gasteiger partial charge is 0.394 e. The number of nitrogens with one attached hydrogen (secondary N) is 1. The van der Waals surface area contributed by atoms with Crippen molar-refractivity contribution in [2.24, 2.45) is 0 Å².